The lowest BCUT2D eigenvalue weighted by atomic mass is 10.1. The molecule has 1 heterocycles. The van der Waals surface area contributed by atoms with Crippen molar-refractivity contribution in [1.29, 1.82) is 0 Å². The zero-order chi connectivity index (χ0) is 17.8. The predicted molar refractivity (Wildman–Crippen MR) is 93.6 cm³/mol. The summed E-state index contributed by atoms with van der Waals surface area (Å²) in [6, 6.07) is 12.3. The Labute approximate surface area is 145 Å². The summed E-state index contributed by atoms with van der Waals surface area (Å²) in [6.07, 6.45) is 1.57. The van der Waals surface area contributed by atoms with Crippen LogP contribution in [0.1, 0.15) is 26.3 Å². The van der Waals surface area contributed by atoms with Gasteiger partial charge in [0.15, 0.2) is 0 Å². The number of carbonyl (C=O) groups excluding carboxylic acids is 2. The number of aliphatic imine (C=N–C) groups is 1. The number of ether oxygens (including phenoxy) is 2. The van der Waals surface area contributed by atoms with Crippen molar-refractivity contribution >= 4 is 18.0 Å². The highest BCUT2D eigenvalue weighted by Gasteiger charge is 2.34. The molecule has 128 valence electrons. The topological polar surface area (TPSA) is 68.2 Å². The highest BCUT2D eigenvalue weighted by atomic mass is 16.5. The van der Waals surface area contributed by atoms with Crippen molar-refractivity contribution in [2.45, 2.75) is 6.54 Å². The molecule has 0 fully saturated rings. The Morgan fingerprint density at radius 3 is 2.28 bits per heavy atom. The third-order valence-electron chi connectivity index (χ3n) is 4.03. The van der Waals surface area contributed by atoms with Gasteiger partial charge in [0.05, 0.1) is 38.4 Å². The second-order valence-electron chi connectivity index (χ2n) is 5.47. The number of nitrogens with zero attached hydrogens (tertiary/aromatic N) is 2. The van der Waals surface area contributed by atoms with Crippen LogP contribution in [0.2, 0.25) is 0 Å². The van der Waals surface area contributed by atoms with E-state index in [1.54, 1.807) is 50.8 Å². The summed E-state index contributed by atoms with van der Waals surface area (Å²) < 4.78 is 10.5. The van der Waals surface area contributed by atoms with E-state index in [4.69, 9.17) is 9.47 Å². The minimum Gasteiger partial charge on any atom is -0.497 e. The number of hydrogen-bond acceptors (Lipinski definition) is 5. The predicted octanol–water partition coefficient (Wildman–Crippen LogP) is 2.57. The number of amides is 2. The van der Waals surface area contributed by atoms with Gasteiger partial charge >= 0.3 is 0 Å². The molecule has 1 aliphatic rings. The van der Waals surface area contributed by atoms with E-state index in [1.165, 1.54) is 4.90 Å². The van der Waals surface area contributed by atoms with Crippen LogP contribution < -0.4 is 9.47 Å². The SMILES string of the molecule is COc1ccc(C/N=C\CN2C(=O)c3ccccc3C2=O)c(OC)c1. The first-order chi connectivity index (χ1) is 12.2. The van der Waals surface area contributed by atoms with Crippen molar-refractivity contribution in [1.82, 2.24) is 4.90 Å². The first kappa shape index (κ1) is 16.7. The van der Waals surface area contributed by atoms with Crippen LogP contribution in [0.15, 0.2) is 47.5 Å². The molecule has 25 heavy (non-hydrogen) atoms. The molecule has 6 heteroatoms. The minimum absolute atomic E-state index is 0.144. The minimum atomic E-state index is -0.283. The van der Waals surface area contributed by atoms with Crippen LogP contribution in [0.25, 0.3) is 0 Å². The maximum atomic E-state index is 12.3. The lowest BCUT2D eigenvalue weighted by molar-refractivity contribution is 0.0679. The molecule has 0 atom stereocenters. The van der Waals surface area contributed by atoms with E-state index < -0.39 is 0 Å². The van der Waals surface area contributed by atoms with Crippen LogP contribution in [0, 0.1) is 0 Å². The lowest BCUT2D eigenvalue weighted by Gasteiger charge is -2.10. The monoisotopic (exact) mass is 338 g/mol. The number of benzene rings is 2. The number of imide groups is 1. The Hall–Kier alpha value is -3.15. The van der Waals surface area contributed by atoms with Crippen molar-refractivity contribution in [2.24, 2.45) is 4.99 Å². The zero-order valence-electron chi connectivity index (χ0n) is 14.1. The van der Waals surface area contributed by atoms with Gasteiger partial charge in [0, 0.05) is 17.8 Å². The van der Waals surface area contributed by atoms with Gasteiger partial charge in [0.25, 0.3) is 11.8 Å². The van der Waals surface area contributed by atoms with Gasteiger partial charge < -0.3 is 9.47 Å². The lowest BCUT2D eigenvalue weighted by Crippen LogP contribution is -2.31. The Morgan fingerprint density at radius 1 is 1.00 bits per heavy atom. The second-order valence-corrected chi connectivity index (χ2v) is 5.47. The van der Waals surface area contributed by atoms with Crippen LogP contribution >= 0.6 is 0 Å². The smallest absolute Gasteiger partial charge is 0.261 e. The second kappa shape index (κ2) is 7.17. The molecule has 2 aromatic rings. The first-order valence-corrected chi connectivity index (χ1v) is 7.80. The van der Waals surface area contributed by atoms with E-state index in [2.05, 4.69) is 4.99 Å². The summed E-state index contributed by atoms with van der Waals surface area (Å²) in [5.41, 5.74) is 1.78. The Morgan fingerprint density at radius 2 is 1.68 bits per heavy atom. The summed E-state index contributed by atoms with van der Waals surface area (Å²) in [6.45, 7) is 0.529. The molecule has 0 bridgehead atoms. The number of fused-ring (bicyclic) bond motifs is 1. The molecule has 0 N–H and O–H groups in total. The fraction of sp³-hybridized carbons (Fsp3) is 0.211. The highest BCUT2D eigenvalue weighted by molar-refractivity contribution is 6.22. The molecule has 0 unspecified atom stereocenters. The van der Waals surface area contributed by atoms with Crippen molar-refractivity contribution in [3.63, 3.8) is 0 Å². The average Bonchev–Trinajstić information content (AvgIpc) is 2.90. The normalized spacial score (nSPS) is 13.4. The molecule has 0 saturated heterocycles. The van der Waals surface area contributed by atoms with Gasteiger partial charge in [0.2, 0.25) is 0 Å². The third kappa shape index (κ3) is 3.24. The summed E-state index contributed by atoms with van der Waals surface area (Å²) in [5.74, 6) is 0.816. The molecule has 3 rings (SSSR count). The fourth-order valence-electron chi connectivity index (χ4n) is 2.69. The molecule has 0 aliphatic carbocycles. The summed E-state index contributed by atoms with van der Waals surface area (Å²) in [5, 5.41) is 0. The van der Waals surface area contributed by atoms with Crippen molar-refractivity contribution < 1.29 is 19.1 Å². The van der Waals surface area contributed by atoms with Gasteiger partial charge in [-0.25, -0.2) is 0 Å². The quantitative estimate of drug-likeness (QED) is 0.600. The summed E-state index contributed by atoms with van der Waals surface area (Å²) in [4.78, 5) is 30.0. The van der Waals surface area contributed by atoms with Crippen LogP contribution in [0.5, 0.6) is 11.5 Å². The summed E-state index contributed by atoms with van der Waals surface area (Å²) in [7, 11) is 3.18. The maximum Gasteiger partial charge on any atom is 0.261 e. The molecular weight excluding hydrogens is 320 g/mol. The van der Waals surface area contributed by atoms with E-state index in [1.807, 2.05) is 12.1 Å². The number of rotatable bonds is 6. The van der Waals surface area contributed by atoms with Gasteiger partial charge in [-0.05, 0) is 24.3 Å². The molecule has 2 aromatic carbocycles. The Bertz CT molecular complexity index is 810. The fourth-order valence-corrected chi connectivity index (χ4v) is 2.69. The van der Waals surface area contributed by atoms with Crippen LogP contribution in [-0.4, -0.2) is 43.7 Å². The first-order valence-electron chi connectivity index (χ1n) is 7.80. The molecule has 0 radical (unpaired) electrons. The average molecular weight is 338 g/mol. The van der Waals surface area contributed by atoms with Gasteiger partial charge in [-0.1, -0.05) is 12.1 Å². The van der Waals surface area contributed by atoms with Crippen LogP contribution in [0.4, 0.5) is 0 Å². The Balaban J connectivity index is 1.65. The molecule has 0 saturated carbocycles. The van der Waals surface area contributed by atoms with Gasteiger partial charge in [0.1, 0.15) is 11.5 Å². The van der Waals surface area contributed by atoms with Crippen LogP contribution in [-0.2, 0) is 6.54 Å². The standard InChI is InChI=1S/C19H18N2O4/c1-24-14-8-7-13(17(11-14)25-2)12-20-9-10-21-18(22)15-5-3-4-6-16(15)19(21)23/h3-9,11H,10,12H2,1-2H3/b20-9-. The maximum absolute atomic E-state index is 12.3. The third-order valence-corrected chi connectivity index (χ3v) is 4.03. The number of carbonyl (C=O) groups is 2. The largest absolute Gasteiger partial charge is 0.497 e. The van der Waals surface area contributed by atoms with Crippen molar-refractivity contribution in [3.05, 3.63) is 59.2 Å². The van der Waals surface area contributed by atoms with Gasteiger partial charge in [-0.2, -0.15) is 0 Å². The van der Waals surface area contributed by atoms with E-state index in [0.29, 0.717) is 29.2 Å². The molecule has 6 nitrogen and oxygen atoms in total. The van der Waals surface area contributed by atoms with Crippen molar-refractivity contribution in [3.8, 4) is 11.5 Å². The van der Waals surface area contributed by atoms with Crippen molar-refractivity contribution in [2.75, 3.05) is 20.8 Å². The van der Waals surface area contributed by atoms with E-state index in [-0.39, 0.29) is 18.4 Å². The molecule has 1 aliphatic heterocycles. The van der Waals surface area contributed by atoms with Gasteiger partial charge in [-0.3, -0.25) is 19.5 Å². The zero-order valence-corrected chi connectivity index (χ0v) is 14.1. The van der Waals surface area contributed by atoms with E-state index in [9.17, 15) is 9.59 Å². The number of hydrogen-bond donors (Lipinski definition) is 0. The van der Waals surface area contributed by atoms with E-state index in [0.717, 1.165) is 5.56 Å². The van der Waals surface area contributed by atoms with Crippen LogP contribution in [0.3, 0.4) is 0 Å². The molecule has 0 aromatic heterocycles. The Kier molecular flexibility index (Phi) is 4.79. The van der Waals surface area contributed by atoms with Gasteiger partial charge in [-0.15, -0.1) is 0 Å². The number of methoxy groups -OCH3 is 2. The molecule has 0 spiro atoms. The molecule has 2 amide bonds. The molecular formula is C19H18N2O4. The highest BCUT2D eigenvalue weighted by Crippen LogP contribution is 2.25. The van der Waals surface area contributed by atoms with E-state index >= 15 is 0 Å². The summed E-state index contributed by atoms with van der Waals surface area (Å²) >= 11 is 0.